The van der Waals surface area contributed by atoms with E-state index in [1.807, 2.05) is 0 Å². The normalized spacial score (nSPS) is 9.75. The van der Waals surface area contributed by atoms with Crippen molar-refractivity contribution in [3.05, 3.63) is 27.6 Å². The van der Waals surface area contributed by atoms with Crippen molar-refractivity contribution in [2.24, 2.45) is 5.18 Å². The number of phenols is 2. The van der Waals surface area contributed by atoms with Crippen molar-refractivity contribution in [2.45, 2.75) is 6.54 Å². The van der Waals surface area contributed by atoms with Crippen LogP contribution in [0.4, 0.5) is 0 Å². The minimum absolute atomic E-state index is 0.0328. The van der Waals surface area contributed by atoms with Crippen molar-refractivity contribution in [3.63, 3.8) is 0 Å². The van der Waals surface area contributed by atoms with Crippen LogP contribution in [0.3, 0.4) is 0 Å². The fourth-order valence-corrected chi connectivity index (χ4v) is 1.03. The summed E-state index contributed by atoms with van der Waals surface area (Å²) in [6, 6.07) is 2.49. The standard InChI is InChI=1S/C7H6ClNO3/c8-7-4(3-9-12)5(10)1-2-6(7)11/h1-2,10-11H,3H2. The van der Waals surface area contributed by atoms with Gasteiger partial charge in [-0.3, -0.25) is 0 Å². The first-order chi connectivity index (χ1) is 5.66. The Morgan fingerprint density at radius 3 is 2.50 bits per heavy atom. The monoisotopic (exact) mass is 187 g/mol. The largest absolute Gasteiger partial charge is 0.508 e. The third kappa shape index (κ3) is 1.48. The summed E-state index contributed by atoms with van der Waals surface area (Å²) in [6.07, 6.45) is 0. The SMILES string of the molecule is O=NCc1c(O)ccc(O)c1Cl. The Labute approximate surface area is 73.4 Å². The van der Waals surface area contributed by atoms with Crippen molar-refractivity contribution in [3.8, 4) is 11.5 Å². The van der Waals surface area contributed by atoms with E-state index in [1.54, 1.807) is 0 Å². The topological polar surface area (TPSA) is 69.9 Å². The average molecular weight is 188 g/mol. The second-order valence-electron chi connectivity index (χ2n) is 2.18. The molecule has 0 aromatic heterocycles. The van der Waals surface area contributed by atoms with Gasteiger partial charge in [-0.1, -0.05) is 16.8 Å². The predicted octanol–water partition coefficient (Wildman–Crippen LogP) is 2.02. The maximum absolute atomic E-state index is 9.89. The number of aromatic hydroxyl groups is 2. The molecule has 0 unspecified atom stereocenters. The summed E-state index contributed by atoms with van der Waals surface area (Å²) in [5.74, 6) is -0.314. The summed E-state index contributed by atoms with van der Waals surface area (Å²) in [4.78, 5) is 9.89. The number of nitrogens with zero attached hydrogens (tertiary/aromatic N) is 1. The summed E-state index contributed by atoms with van der Waals surface area (Å²) in [6.45, 7) is -0.251. The second-order valence-corrected chi connectivity index (χ2v) is 2.56. The Kier molecular flexibility index (Phi) is 2.50. The highest BCUT2D eigenvalue weighted by Gasteiger charge is 2.10. The van der Waals surface area contributed by atoms with Gasteiger partial charge in [-0.05, 0) is 12.1 Å². The van der Waals surface area contributed by atoms with Gasteiger partial charge in [-0.25, -0.2) is 0 Å². The zero-order valence-corrected chi connectivity index (χ0v) is 6.75. The van der Waals surface area contributed by atoms with Gasteiger partial charge in [0.15, 0.2) is 0 Å². The molecule has 0 saturated heterocycles. The molecule has 0 aliphatic carbocycles. The molecule has 5 heteroatoms. The molecule has 64 valence electrons. The first kappa shape index (κ1) is 8.80. The smallest absolute Gasteiger partial charge is 0.134 e. The molecule has 0 amide bonds. The van der Waals surface area contributed by atoms with E-state index in [-0.39, 0.29) is 28.6 Å². The molecule has 0 aliphatic rings. The lowest BCUT2D eigenvalue weighted by atomic mass is 10.2. The fourth-order valence-electron chi connectivity index (χ4n) is 0.814. The Morgan fingerprint density at radius 1 is 1.33 bits per heavy atom. The molecular weight excluding hydrogens is 182 g/mol. The maximum Gasteiger partial charge on any atom is 0.134 e. The van der Waals surface area contributed by atoms with Gasteiger partial charge < -0.3 is 10.2 Å². The van der Waals surface area contributed by atoms with Crippen LogP contribution < -0.4 is 0 Å². The molecule has 0 bridgehead atoms. The summed E-state index contributed by atoms with van der Waals surface area (Å²) < 4.78 is 0. The van der Waals surface area contributed by atoms with Crippen LogP contribution in [0.1, 0.15) is 5.56 Å². The molecule has 4 nitrogen and oxygen atoms in total. The minimum Gasteiger partial charge on any atom is -0.508 e. The Bertz CT molecular complexity index is 314. The Hall–Kier alpha value is -1.29. The Morgan fingerprint density at radius 2 is 1.92 bits per heavy atom. The van der Waals surface area contributed by atoms with E-state index in [1.165, 1.54) is 12.1 Å². The molecule has 0 heterocycles. The summed E-state index contributed by atoms with van der Waals surface area (Å²) in [5.41, 5.74) is 0.145. The predicted molar refractivity (Wildman–Crippen MR) is 44.3 cm³/mol. The van der Waals surface area contributed by atoms with E-state index in [9.17, 15) is 4.91 Å². The molecule has 0 fully saturated rings. The van der Waals surface area contributed by atoms with Crippen molar-refractivity contribution in [1.82, 2.24) is 0 Å². The molecule has 0 saturated carbocycles. The highest BCUT2D eigenvalue weighted by molar-refractivity contribution is 6.33. The third-order valence-electron chi connectivity index (χ3n) is 1.42. The van der Waals surface area contributed by atoms with Gasteiger partial charge in [0.2, 0.25) is 0 Å². The van der Waals surface area contributed by atoms with Gasteiger partial charge >= 0.3 is 0 Å². The summed E-state index contributed by atoms with van der Waals surface area (Å²) in [5, 5.41) is 20.7. The van der Waals surface area contributed by atoms with Crippen molar-refractivity contribution in [1.29, 1.82) is 0 Å². The molecule has 2 N–H and O–H groups in total. The molecule has 0 atom stereocenters. The number of nitroso groups, excluding NO2 is 1. The van der Waals surface area contributed by atoms with Crippen LogP contribution in [0.2, 0.25) is 5.02 Å². The fraction of sp³-hybridized carbons (Fsp3) is 0.143. The summed E-state index contributed by atoms with van der Waals surface area (Å²) >= 11 is 5.57. The van der Waals surface area contributed by atoms with Gasteiger partial charge in [0, 0.05) is 5.56 Å². The van der Waals surface area contributed by atoms with Gasteiger partial charge in [0.1, 0.15) is 18.0 Å². The van der Waals surface area contributed by atoms with Crippen LogP contribution in [-0.2, 0) is 6.54 Å². The van der Waals surface area contributed by atoms with Crippen LogP contribution in [0, 0.1) is 4.91 Å². The van der Waals surface area contributed by atoms with E-state index in [4.69, 9.17) is 21.8 Å². The van der Waals surface area contributed by atoms with E-state index in [2.05, 4.69) is 5.18 Å². The summed E-state index contributed by atoms with van der Waals surface area (Å²) in [7, 11) is 0. The average Bonchev–Trinajstić information content (AvgIpc) is 2.06. The second kappa shape index (κ2) is 3.40. The van der Waals surface area contributed by atoms with Crippen LogP contribution >= 0.6 is 11.6 Å². The number of hydrogen-bond donors (Lipinski definition) is 2. The highest BCUT2D eigenvalue weighted by atomic mass is 35.5. The van der Waals surface area contributed by atoms with E-state index in [0.717, 1.165) is 0 Å². The van der Waals surface area contributed by atoms with Crippen LogP contribution in [-0.4, -0.2) is 10.2 Å². The molecule has 0 spiro atoms. The maximum atomic E-state index is 9.89. The van der Waals surface area contributed by atoms with Crippen LogP contribution in [0.15, 0.2) is 17.3 Å². The zero-order chi connectivity index (χ0) is 9.14. The van der Waals surface area contributed by atoms with Crippen molar-refractivity contribution in [2.75, 3.05) is 0 Å². The Balaban J connectivity index is 3.22. The van der Waals surface area contributed by atoms with Crippen LogP contribution in [0.5, 0.6) is 11.5 Å². The van der Waals surface area contributed by atoms with Crippen molar-refractivity contribution < 1.29 is 10.2 Å². The molecule has 12 heavy (non-hydrogen) atoms. The van der Waals surface area contributed by atoms with Gasteiger partial charge in [0.25, 0.3) is 0 Å². The molecule has 1 aromatic rings. The number of phenolic OH excluding ortho intramolecular Hbond substituents is 2. The van der Waals surface area contributed by atoms with Gasteiger partial charge in [0.05, 0.1) is 5.02 Å². The molecule has 1 rings (SSSR count). The number of rotatable bonds is 2. The van der Waals surface area contributed by atoms with Gasteiger partial charge in [-0.2, -0.15) is 4.91 Å². The van der Waals surface area contributed by atoms with E-state index >= 15 is 0 Å². The number of benzene rings is 1. The van der Waals surface area contributed by atoms with Crippen molar-refractivity contribution >= 4 is 11.6 Å². The molecule has 1 aromatic carbocycles. The van der Waals surface area contributed by atoms with Crippen LogP contribution in [0.25, 0.3) is 0 Å². The van der Waals surface area contributed by atoms with E-state index < -0.39 is 0 Å². The minimum atomic E-state index is -0.251. The molecular formula is C7H6ClNO3. The lowest BCUT2D eigenvalue weighted by molar-refractivity contribution is 0.454. The lowest BCUT2D eigenvalue weighted by Gasteiger charge is -2.03. The van der Waals surface area contributed by atoms with Gasteiger partial charge in [-0.15, -0.1) is 0 Å². The quantitative estimate of drug-likeness (QED) is 0.550. The molecule has 0 aliphatic heterocycles. The first-order valence-corrected chi connectivity index (χ1v) is 3.53. The third-order valence-corrected chi connectivity index (χ3v) is 1.84. The number of halogens is 1. The lowest BCUT2D eigenvalue weighted by Crippen LogP contribution is -1.84. The highest BCUT2D eigenvalue weighted by Crippen LogP contribution is 2.33. The van der Waals surface area contributed by atoms with E-state index in [0.29, 0.717) is 0 Å². The number of hydrogen-bond acceptors (Lipinski definition) is 4. The zero-order valence-electron chi connectivity index (χ0n) is 5.99. The first-order valence-electron chi connectivity index (χ1n) is 3.15. The molecule has 0 radical (unpaired) electrons.